The van der Waals surface area contributed by atoms with E-state index < -0.39 is 0 Å². The molecule has 5 heteroatoms. The standard InChI is InChI=1S/C17H24N2O3/c1-19(2)7-3-6-18-16(20)11-14-13-5-9-21-15(13)10-12-4-8-22-17(12)14/h10H,3-9,11H2,1-2H3,(H,18,20). The first-order valence-corrected chi connectivity index (χ1v) is 8.00. The number of nitrogens with one attached hydrogen (secondary N) is 1. The van der Waals surface area contributed by atoms with Crippen LogP contribution in [0.3, 0.4) is 0 Å². The molecule has 1 N–H and O–H groups in total. The molecule has 120 valence electrons. The first-order chi connectivity index (χ1) is 10.6. The molecule has 0 aromatic heterocycles. The van der Waals surface area contributed by atoms with Gasteiger partial charge in [0.2, 0.25) is 5.91 Å². The van der Waals surface area contributed by atoms with Crippen LogP contribution in [0.5, 0.6) is 11.5 Å². The van der Waals surface area contributed by atoms with Crippen LogP contribution in [0.4, 0.5) is 0 Å². The van der Waals surface area contributed by atoms with Gasteiger partial charge in [0.15, 0.2) is 0 Å². The van der Waals surface area contributed by atoms with Crippen LogP contribution in [0.25, 0.3) is 0 Å². The molecule has 0 unspecified atom stereocenters. The Bertz CT molecular complexity index is 537. The highest BCUT2D eigenvalue weighted by Gasteiger charge is 2.27. The lowest BCUT2D eigenvalue weighted by Crippen LogP contribution is -2.28. The van der Waals surface area contributed by atoms with Gasteiger partial charge in [-0.1, -0.05) is 0 Å². The largest absolute Gasteiger partial charge is 0.493 e. The molecule has 22 heavy (non-hydrogen) atoms. The molecule has 0 spiro atoms. The Morgan fingerprint density at radius 1 is 1.27 bits per heavy atom. The highest BCUT2D eigenvalue weighted by atomic mass is 16.5. The Labute approximate surface area is 131 Å². The van der Waals surface area contributed by atoms with Crippen LogP contribution in [-0.4, -0.2) is 51.2 Å². The summed E-state index contributed by atoms with van der Waals surface area (Å²) in [6.45, 7) is 3.10. The maximum atomic E-state index is 12.2. The highest BCUT2D eigenvalue weighted by molar-refractivity contribution is 5.80. The Morgan fingerprint density at radius 3 is 2.91 bits per heavy atom. The van der Waals surface area contributed by atoms with Gasteiger partial charge in [-0.15, -0.1) is 0 Å². The Hall–Kier alpha value is -1.75. The van der Waals surface area contributed by atoms with Crippen molar-refractivity contribution in [3.8, 4) is 11.5 Å². The number of amides is 1. The number of rotatable bonds is 6. The van der Waals surface area contributed by atoms with Crippen LogP contribution in [0.2, 0.25) is 0 Å². The van der Waals surface area contributed by atoms with Crippen LogP contribution in [0, 0.1) is 0 Å². The highest BCUT2D eigenvalue weighted by Crippen LogP contribution is 2.40. The molecule has 0 saturated carbocycles. The van der Waals surface area contributed by atoms with E-state index in [1.54, 1.807) is 0 Å². The lowest BCUT2D eigenvalue weighted by Gasteiger charge is -2.13. The Morgan fingerprint density at radius 2 is 2.09 bits per heavy atom. The molecule has 0 bridgehead atoms. The first-order valence-electron chi connectivity index (χ1n) is 8.00. The van der Waals surface area contributed by atoms with Crippen molar-refractivity contribution in [2.75, 3.05) is 40.4 Å². The topological polar surface area (TPSA) is 50.8 Å². The molecule has 0 aliphatic carbocycles. The third kappa shape index (κ3) is 3.19. The van der Waals surface area contributed by atoms with Crippen LogP contribution < -0.4 is 14.8 Å². The lowest BCUT2D eigenvalue weighted by atomic mass is 9.97. The van der Waals surface area contributed by atoms with Crippen molar-refractivity contribution in [1.82, 2.24) is 10.2 Å². The Kier molecular flexibility index (Phi) is 4.52. The summed E-state index contributed by atoms with van der Waals surface area (Å²) in [6.07, 6.45) is 3.12. The summed E-state index contributed by atoms with van der Waals surface area (Å²) in [6, 6.07) is 2.09. The van der Waals surface area contributed by atoms with E-state index in [0.717, 1.165) is 48.4 Å². The van der Waals surface area contributed by atoms with Gasteiger partial charge >= 0.3 is 0 Å². The number of fused-ring (bicyclic) bond motifs is 2. The average molecular weight is 304 g/mol. The zero-order valence-electron chi connectivity index (χ0n) is 13.4. The maximum Gasteiger partial charge on any atom is 0.224 e. The Balaban J connectivity index is 1.66. The molecule has 0 radical (unpaired) electrons. The lowest BCUT2D eigenvalue weighted by molar-refractivity contribution is -0.120. The van der Waals surface area contributed by atoms with Crippen molar-refractivity contribution in [2.45, 2.75) is 25.7 Å². The van der Waals surface area contributed by atoms with Crippen molar-refractivity contribution in [1.29, 1.82) is 0 Å². The zero-order valence-corrected chi connectivity index (χ0v) is 13.4. The van der Waals surface area contributed by atoms with Gasteiger partial charge in [0.1, 0.15) is 11.5 Å². The van der Waals surface area contributed by atoms with E-state index in [2.05, 4.69) is 16.3 Å². The molecule has 5 nitrogen and oxygen atoms in total. The fourth-order valence-electron chi connectivity index (χ4n) is 3.12. The van der Waals surface area contributed by atoms with Gasteiger partial charge in [0, 0.05) is 36.1 Å². The second-order valence-electron chi connectivity index (χ2n) is 6.20. The number of nitrogens with zero attached hydrogens (tertiary/aromatic N) is 1. The van der Waals surface area contributed by atoms with Crippen LogP contribution in [0.1, 0.15) is 23.1 Å². The second-order valence-corrected chi connectivity index (χ2v) is 6.20. The number of ether oxygens (including phenoxy) is 2. The fraction of sp³-hybridized carbons (Fsp3) is 0.588. The third-order valence-corrected chi connectivity index (χ3v) is 4.20. The summed E-state index contributed by atoms with van der Waals surface area (Å²) in [5, 5.41) is 3.01. The molecule has 1 aromatic carbocycles. The maximum absolute atomic E-state index is 12.2. The van der Waals surface area contributed by atoms with Gasteiger partial charge in [0.25, 0.3) is 0 Å². The van der Waals surface area contributed by atoms with Gasteiger partial charge in [-0.05, 0) is 33.1 Å². The van der Waals surface area contributed by atoms with Crippen LogP contribution in [-0.2, 0) is 24.1 Å². The minimum Gasteiger partial charge on any atom is -0.493 e. The quantitative estimate of drug-likeness (QED) is 0.802. The van der Waals surface area contributed by atoms with E-state index in [-0.39, 0.29) is 5.91 Å². The number of hydrogen-bond acceptors (Lipinski definition) is 4. The van der Waals surface area contributed by atoms with E-state index in [0.29, 0.717) is 26.2 Å². The van der Waals surface area contributed by atoms with Gasteiger partial charge in [-0.25, -0.2) is 0 Å². The van der Waals surface area contributed by atoms with E-state index in [1.807, 2.05) is 14.1 Å². The summed E-state index contributed by atoms with van der Waals surface area (Å²) >= 11 is 0. The van der Waals surface area contributed by atoms with E-state index in [4.69, 9.17) is 9.47 Å². The molecule has 2 aliphatic rings. The molecule has 2 heterocycles. The molecule has 3 rings (SSSR count). The zero-order chi connectivity index (χ0) is 15.5. The molecular formula is C17H24N2O3. The average Bonchev–Trinajstić information content (AvgIpc) is 3.11. The van der Waals surface area contributed by atoms with Gasteiger partial charge in [0.05, 0.1) is 19.6 Å². The molecule has 1 amide bonds. The van der Waals surface area contributed by atoms with Crippen molar-refractivity contribution in [2.24, 2.45) is 0 Å². The minimum atomic E-state index is 0.0664. The van der Waals surface area contributed by atoms with Crippen LogP contribution in [0.15, 0.2) is 6.07 Å². The molecule has 0 fully saturated rings. The van der Waals surface area contributed by atoms with E-state index in [1.165, 1.54) is 5.56 Å². The number of benzene rings is 1. The molecule has 1 aromatic rings. The molecule has 2 aliphatic heterocycles. The normalized spacial score (nSPS) is 15.2. The predicted molar refractivity (Wildman–Crippen MR) is 84.7 cm³/mol. The monoisotopic (exact) mass is 304 g/mol. The number of carbonyl (C=O) groups excluding carboxylic acids is 1. The molecular weight excluding hydrogens is 280 g/mol. The SMILES string of the molecule is CN(C)CCCNC(=O)Cc1c2c(cc3c1OCC3)OCC2. The van der Waals surface area contributed by atoms with Crippen molar-refractivity contribution < 1.29 is 14.3 Å². The smallest absolute Gasteiger partial charge is 0.224 e. The van der Waals surface area contributed by atoms with Gasteiger partial charge < -0.3 is 19.7 Å². The van der Waals surface area contributed by atoms with E-state index in [9.17, 15) is 4.79 Å². The summed E-state index contributed by atoms with van der Waals surface area (Å²) in [5.41, 5.74) is 3.37. The van der Waals surface area contributed by atoms with Gasteiger partial charge in [-0.2, -0.15) is 0 Å². The number of carbonyl (C=O) groups is 1. The fourth-order valence-corrected chi connectivity index (χ4v) is 3.12. The number of hydrogen-bond donors (Lipinski definition) is 1. The minimum absolute atomic E-state index is 0.0664. The molecule has 0 saturated heterocycles. The van der Waals surface area contributed by atoms with Crippen molar-refractivity contribution in [3.63, 3.8) is 0 Å². The summed E-state index contributed by atoms with van der Waals surface area (Å²) in [4.78, 5) is 14.4. The van der Waals surface area contributed by atoms with Crippen molar-refractivity contribution >= 4 is 5.91 Å². The van der Waals surface area contributed by atoms with Crippen LogP contribution >= 0.6 is 0 Å². The third-order valence-electron chi connectivity index (χ3n) is 4.20. The molecule has 0 atom stereocenters. The summed E-state index contributed by atoms with van der Waals surface area (Å²) in [7, 11) is 4.07. The van der Waals surface area contributed by atoms with E-state index >= 15 is 0 Å². The predicted octanol–water partition coefficient (Wildman–Crippen LogP) is 1.17. The van der Waals surface area contributed by atoms with Crippen molar-refractivity contribution in [3.05, 3.63) is 22.8 Å². The second kappa shape index (κ2) is 6.57. The first kappa shape index (κ1) is 15.2. The van der Waals surface area contributed by atoms with Gasteiger partial charge in [-0.3, -0.25) is 4.79 Å². The summed E-state index contributed by atoms with van der Waals surface area (Å²) < 4.78 is 11.4. The summed E-state index contributed by atoms with van der Waals surface area (Å²) in [5.74, 6) is 1.93.